The lowest BCUT2D eigenvalue weighted by Gasteiger charge is -2.37. The number of aliphatic hydroxyl groups is 1. The number of halogens is 1. The number of aliphatic hydroxyl groups excluding tert-OH is 1. The second kappa shape index (κ2) is 6.84. The molecule has 0 spiro atoms. The first kappa shape index (κ1) is 15.0. The average molecular weight is 328 g/mol. The highest BCUT2D eigenvalue weighted by atomic mass is 79.9. The third-order valence-corrected chi connectivity index (χ3v) is 4.21. The Kier molecular flexibility index (Phi) is 5.39. The van der Waals surface area contributed by atoms with Gasteiger partial charge in [0.15, 0.2) is 0 Å². The van der Waals surface area contributed by atoms with Crippen LogP contribution in [0.1, 0.15) is 31.9 Å². The molecule has 1 saturated heterocycles. The van der Waals surface area contributed by atoms with Gasteiger partial charge in [-0.1, -0.05) is 28.1 Å². The average Bonchev–Trinajstić information content (AvgIpc) is 2.40. The number of morpholine rings is 1. The Morgan fingerprint density at radius 3 is 2.74 bits per heavy atom. The fourth-order valence-electron chi connectivity index (χ4n) is 2.42. The van der Waals surface area contributed by atoms with Gasteiger partial charge >= 0.3 is 0 Å². The summed E-state index contributed by atoms with van der Waals surface area (Å²) in [6.07, 6.45) is 0.665. The third-order valence-electron chi connectivity index (χ3n) is 3.68. The van der Waals surface area contributed by atoms with Gasteiger partial charge in [-0.2, -0.15) is 0 Å². The van der Waals surface area contributed by atoms with Crippen LogP contribution in [0.25, 0.3) is 0 Å². The minimum absolute atomic E-state index is 0.293. The molecule has 3 nitrogen and oxygen atoms in total. The van der Waals surface area contributed by atoms with Crippen molar-refractivity contribution in [1.82, 2.24) is 4.90 Å². The van der Waals surface area contributed by atoms with Gasteiger partial charge in [0.2, 0.25) is 0 Å². The number of benzene rings is 1. The molecule has 0 aliphatic carbocycles. The van der Waals surface area contributed by atoms with Gasteiger partial charge < -0.3 is 9.84 Å². The standard InChI is InChI=1S/C15H22BrNO2/c1-11-10-19-12(2)9-17(11)8-7-15(18)13-3-5-14(16)6-4-13/h3-6,11-12,15,18H,7-10H2,1-2H3. The van der Waals surface area contributed by atoms with Gasteiger partial charge in [0.05, 0.1) is 18.8 Å². The zero-order valence-corrected chi connectivity index (χ0v) is 13.1. The minimum atomic E-state index is -0.390. The summed E-state index contributed by atoms with van der Waals surface area (Å²) in [7, 11) is 0. The lowest BCUT2D eigenvalue weighted by Crippen LogP contribution is -2.47. The Labute approximate surface area is 123 Å². The Morgan fingerprint density at radius 2 is 2.05 bits per heavy atom. The van der Waals surface area contributed by atoms with Gasteiger partial charge in [0.1, 0.15) is 0 Å². The van der Waals surface area contributed by atoms with E-state index in [1.54, 1.807) is 0 Å². The summed E-state index contributed by atoms with van der Waals surface area (Å²) in [6.45, 7) is 6.93. The molecule has 3 unspecified atom stereocenters. The summed E-state index contributed by atoms with van der Waals surface area (Å²) in [5.41, 5.74) is 0.983. The smallest absolute Gasteiger partial charge is 0.0802 e. The Morgan fingerprint density at radius 1 is 1.37 bits per heavy atom. The van der Waals surface area contributed by atoms with Gasteiger partial charge in [-0.3, -0.25) is 4.90 Å². The molecular weight excluding hydrogens is 306 g/mol. The van der Waals surface area contributed by atoms with Crippen LogP contribution in [0.3, 0.4) is 0 Å². The second-order valence-electron chi connectivity index (χ2n) is 5.34. The van der Waals surface area contributed by atoms with Crippen molar-refractivity contribution in [3.05, 3.63) is 34.3 Å². The van der Waals surface area contributed by atoms with Gasteiger partial charge in [0, 0.05) is 23.6 Å². The molecule has 2 rings (SSSR count). The van der Waals surface area contributed by atoms with Crippen LogP contribution in [0.2, 0.25) is 0 Å². The van der Waals surface area contributed by atoms with E-state index >= 15 is 0 Å². The Balaban J connectivity index is 1.85. The zero-order valence-electron chi connectivity index (χ0n) is 11.6. The normalized spacial score (nSPS) is 26.3. The molecule has 3 atom stereocenters. The summed E-state index contributed by atoms with van der Waals surface area (Å²) in [5.74, 6) is 0. The Hall–Kier alpha value is -0.420. The third kappa shape index (κ3) is 4.28. The summed E-state index contributed by atoms with van der Waals surface area (Å²) in [5, 5.41) is 10.2. The van der Waals surface area contributed by atoms with Crippen molar-refractivity contribution in [2.24, 2.45) is 0 Å². The van der Waals surface area contributed by atoms with E-state index in [1.165, 1.54) is 0 Å². The van der Waals surface area contributed by atoms with Gasteiger partial charge in [-0.15, -0.1) is 0 Å². The van der Waals surface area contributed by atoms with Gasteiger partial charge in [-0.05, 0) is 38.0 Å². The highest BCUT2D eigenvalue weighted by Crippen LogP contribution is 2.21. The molecule has 0 amide bonds. The quantitative estimate of drug-likeness (QED) is 0.922. The summed E-state index contributed by atoms with van der Waals surface area (Å²) >= 11 is 3.41. The van der Waals surface area contributed by atoms with Crippen molar-refractivity contribution in [1.29, 1.82) is 0 Å². The molecule has 4 heteroatoms. The lowest BCUT2D eigenvalue weighted by atomic mass is 10.1. The fraction of sp³-hybridized carbons (Fsp3) is 0.600. The molecular formula is C15H22BrNO2. The van der Waals surface area contributed by atoms with Crippen molar-refractivity contribution in [3.63, 3.8) is 0 Å². The van der Waals surface area contributed by atoms with E-state index in [0.717, 1.165) is 36.2 Å². The maximum atomic E-state index is 10.2. The molecule has 1 aromatic carbocycles. The van der Waals surface area contributed by atoms with E-state index in [4.69, 9.17) is 4.74 Å². The van der Waals surface area contributed by atoms with Crippen molar-refractivity contribution in [2.75, 3.05) is 19.7 Å². The molecule has 0 aromatic heterocycles. The number of rotatable bonds is 4. The van der Waals surface area contributed by atoms with E-state index in [2.05, 4.69) is 34.7 Å². The van der Waals surface area contributed by atoms with Crippen LogP contribution >= 0.6 is 15.9 Å². The van der Waals surface area contributed by atoms with Crippen LogP contribution in [0.5, 0.6) is 0 Å². The molecule has 1 fully saturated rings. The van der Waals surface area contributed by atoms with E-state index in [9.17, 15) is 5.11 Å². The van der Waals surface area contributed by atoms with Crippen molar-refractivity contribution in [3.8, 4) is 0 Å². The lowest BCUT2D eigenvalue weighted by molar-refractivity contribution is -0.0527. The van der Waals surface area contributed by atoms with Crippen LogP contribution in [-0.4, -0.2) is 41.8 Å². The fourth-order valence-corrected chi connectivity index (χ4v) is 2.69. The van der Waals surface area contributed by atoms with Gasteiger partial charge in [0.25, 0.3) is 0 Å². The number of hydrogen-bond donors (Lipinski definition) is 1. The monoisotopic (exact) mass is 327 g/mol. The zero-order chi connectivity index (χ0) is 13.8. The molecule has 0 saturated carbocycles. The molecule has 19 heavy (non-hydrogen) atoms. The number of nitrogens with zero attached hydrogens (tertiary/aromatic N) is 1. The predicted octanol–water partition coefficient (Wildman–Crippen LogP) is 2.98. The maximum Gasteiger partial charge on any atom is 0.0802 e. The van der Waals surface area contributed by atoms with Crippen LogP contribution in [-0.2, 0) is 4.74 Å². The van der Waals surface area contributed by atoms with Crippen molar-refractivity contribution in [2.45, 2.75) is 38.5 Å². The Bertz CT molecular complexity index is 396. The van der Waals surface area contributed by atoms with E-state index < -0.39 is 6.10 Å². The number of hydrogen-bond acceptors (Lipinski definition) is 3. The predicted molar refractivity (Wildman–Crippen MR) is 80.2 cm³/mol. The topological polar surface area (TPSA) is 32.7 Å². The second-order valence-corrected chi connectivity index (χ2v) is 6.26. The summed E-state index contributed by atoms with van der Waals surface area (Å²) in [4.78, 5) is 2.40. The van der Waals surface area contributed by atoms with E-state index in [1.807, 2.05) is 24.3 Å². The van der Waals surface area contributed by atoms with E-state index in [0.29, 0.717) is 12.1 Å². The summed E-state index contributed by atoms with van der Waals surface area (Å²) in [6, 6.07) is 8.32. The molecule has 0 bridgehead atoms. The number of ether oxygens (including phenoxy) is 1. The molecule has 1 aliphatic heterocycles. The maximum absolute atomic E-state index is 10.2. The van der Waals surface area contributed by atoms with Crippen molar-refractivity contribution >= 4 is 15.9 Å². The van der Waals surface area contributed by atoms with E-state index in [-0.39, 0.29) is 0 Å². The SMILES string of the molecule is CC1CN(CCC(O)c2ccc(Br)cc2)C(C)CO1. The summed E-state index contributed by atoms with van der Waals surface area (Å²) < 4.78 is 6.66. The highest BCUT2D eigenvalue weighted by molar-refractivity contribution is 9.10. The molecule has 1 aliphatic rings. The molecule has 1 N–H and O–H groups in total. The first-order valence-corrected chi connectivity index (χ1v) is 7.64. The van der Waals surface area contributed by atoms with Crippen molar-refractivity contribution < 1.29 is 9.84 Å². The minimum Gasteiger partial charge on any atom is -0.388 e. The largest absolute Gasteiger partial charge is 0.388 e. The van der Waals surface area contributed by atoms with Gasteiger partial charge in [-0.25, -0.2) is 0 Å². The first-order valence-electron chi connectivity index (χ1n) is 6.85. The molecule has 106 valence electrons. The highest BCUT2D eigenvalue weighted by Gasteiger charge is 2.23. The van der Waals surface area contributed by atoms with Crippen LogP contribution in [0, 0.1) is 0 Å². The van der Waals surface area contributed by atoms with Crippen LogP contribution < -0.4 is 0 Å². The molecule has 1 heterocycles. The van der Waals surface area contributed by atoms with Crippen LogP contribution in [0.4, 0.5) is 0 Å². The molecule has 1 aromatic rings. The van der Waals surface area contributed by atoms with Crippen LogP contribution in [0.15, 0.2) is 28.7 Å². The molecule has 0 radical (unpaired) electrons. The first-order chi connectivity index (χ1) is 9.06.